The Bertz CT molecular complexity index is 1440. The lowest BCUT2D eigenvalue weighted by atomic mass is 10.2. The zero-order valence-corrected chi connectivity index (χ0v) is 19.5. The molecule has 0 unspecified atom stereocenters. The predicted molar refractivity (Wildman–Crippen MR) is 126 cm³/mol. The number of benzene rings is 2. The number of fused-ring (bicyclic) bond motifs is 1. The minimum Gasteiger partial charge on any atom is -0.441 e. The van der Waals surface area contributed by atoms with E-state index in [4.69, 9.17) is 4.42 Å². The van der Waals surface area contributed by atoms with Gasteiger partial charge in [-0.05, 0) is 44.2 Å². The lowest BCUT2D eigenvalue weighted by molar-refractivity contribution is -0.121. The minimum atomic E-state index is -3.47. The van der Waals surface area contributed by atoms with Crippen LogP contribution in [0.5, 0.6) is 0 Å². The van der Waals surface area contributed by atoms with E-state index in [9.17, 15) is 17.6 Å². The first-order valence-electron chi connectivity index (χ1n) is 10.7. The molecule has 3 N–H and O–H groups in total. The van der Waals surface area contributed by atoms with Gasteiger partial charge < -0.3 is 14.7 Å². The summed E-state index contributed by atoms with van der Waals surface area (Å²) in [4.78, 5) is 24.2. The van der Waals surface area contributed by atoms with Crippen molar-refractivity contribution in [1.82, 2.24) is 20.3 Å². The van der Waals surface area contributed by atoms with E-state index in [0.717, 1.165) is 0 Å². The number of carbonyl (C=O) groups is 1. The van der Waals surface area contributed by atoms with Crippen LogP contribution in [0.2, 0.25) is 0 Å². The van der Waals surface area contributed by atoms with Crippen molar-refractivity contribution < 1.29 is 22.0 Å². The molecule has 0 aliphatic rings. The first-order chi connectivity index (χ1) is 16.2. The highest BCUT2D eigenvalue weighted by atomic mass is 32.2. The molecule has 0 saturated heterocycles. The van der Waals surface area contributed by atoms with Gasteiger partial charge in [-0.3, -0.25) is 9.52 Å². The van der Waals surface area contributed by atoms with Gasteiger partial charge in [-0.25, -0.2) is 22.8 Å². The molecule has 0 aliphatic carbocycles. The Morgan fingerprint density at radius 3 is 2.76 bits per heavy atom. The summed E-state index contributed by atoms with van der Waals surface area (Å²) in [5, 5.41) is 2.81. The maximum absolute atomic E-state index is 13.3. The van der Waals surface area contributed by atoms with Gasteiger partial charge in [0, 0.05) is 12.8 Å². The number of hydrogen-bond donors (Lipinski definition) is 3. The fourth-order valence-corrected chi connectivity index (χ4v) is 4.02. The molecule has 0 atom stereocenters. The molecule has 11 heteroatoms. The molecule has 0 aliphatic heterocycles. The summed E-state index contributed by atoms with van der Waals surface area (Å²) in [7, 11) is -3.47. The van der Waals surface area contributed by atoms with Gasteiger partial charge in [0.15, 0.2) is 0 Å². The highest BCUT2D eigenvalue weighted by Crippen LogP contribution is 2.29. The van der Waals surface area contributed by atoms with Crippen molar-refractivity contribution in [2.45, 2.75) is 33.2 Å². The molecular formula is C23H24FN5O4S. The first-order valence-corrected chi connectivity index (χ1v) is 12.4. The summed E-state index contributed by atoms with van der Waals surface area (Å²) in [6.07, 6.45) is 0.559. The van der Waals surface area contributed by atoms with Gasteiger partial charge >= 0.3 is 0 Å². The number of halogens is 1. The maximum atomic E-state index is 13.3. The van der Waals surface area contributed by atoms with Crippen molar-refractivity contribution in [3.05, 3.63) is 65.6 Å². The number of aromatic amines is 1. The second kappa shape index (κ2) is 9.64. The molecule has 178 valence electrons. The molecule has 9 nitrogen and oxygen atoms in total. The number of amides is 1. The van der Waals surface area contributed by atoms with Crippen molar-refractivity contribution in [2.24, 2.45) is 0 Å². The number of aromatic nitrogens is 3. The summed E-state index contributed by atoms with van der Waals surface area (Å²) in [5.74, 6) is 0.754. The van der Waals surface area contributed by atoms with Crippen LogP contribution in [0, 0.1) is 12.7 Å². The second-order valence-electron chi connectivity index (χ2n) is 7.69. The van der Waals surface area contributed by atoms with E-state index in [1.54, 1.807) is 44.2 Å². The number of rotatable bonds is 9. The second-order valence-corrected chi connectivity index (χ2v) is 9.71. The molecule has 34 heavy (non-hydrogen) atoms. The monoisotopic (exact) mass is 485 g/mol. The number of hydrogen-bond acceptors (Lipinski definition) is 6. The summed E-state index contributed by atoms with van der Waals surface area (Å²) in [6.45, 7) is 3.43. The normalized spacial score (nSPS) is 11.6. The molecule has 0 saturated carbocycles. The van der Waals surface area contributed by atoms with Gasteiger partial charge in [0.2, 0.25) is 21.8 Å². The van der Waals surface area contributed by atoms with E-state index in [-0.39, 0.29) is 36.3 Å². The lowest BCUT2D eigenvalue weighted by Gasteiger charge is -2.09. The Hall–Kier alpha value is -3.73. The SMILES string of the molecule is CCS(=O)(=O)Nc1ccccc1-c1nc(CNC(=O)CCc2nc3ccc(F)cc3[nH]2)c(C)o1. The maximum Gasteiger partial charge on any atom is 0.232 e. The minimum absolute atomic E-state index is 0.0614. The lowest BCUT2D eigenvalue weighted by Crippen LogP contribution is -2.23. The van der Waals surface area contributed by atoms with Crippen molar-refractivity contribution in [1.29, 1.82) is 0 Å². The van der Waals surface area contributed by atoms with Gasteiger partial charge in [-0.2, -0.15) is 0 Å². The van der Waals surface area contributed by atoms with E-state index < -0.39 is 10.0 Å². The molecular weight excluding hydrogens is 461 g/mol. The Morgan fingerprint density at radius 1 is 1.18 bits per heavy atom. The number of nitrogens with one attached hydrogen (secondary N) is 3. The van der Waals surface area contributed by atoms with Crippen LogP contribution >= 0.6 is 0 Å². The van der Waals surface area contributed by atoms with Crippen LogP contribution in [0.3, 0.4) is 0 Å². The third-order valence-electron chi connectivity index (χ3n) is 5.23. The quantitative estimate of drug-likeness (QED) is 0.332. The summed E-state index contributed by atoms with van der Waals surface area (Å²) < 4.78 is 45.6. The van der Waals surface area contributed by atoms with E-state index in [0.29, 0.717) is 46.0 Å². The smallest absolute Gasteiger partial charge is 0.232 e. The van der Waals surface area contributed by atoms with Crippen LogP contribution < -0.4 is 10.0 Å². The largest absolute Gasteiger partial charge is 0.441 e. The Labute approximate surface area is 195 Å². The molecule has 2 aromatic carbocycles. The van der Waals surface area contributed by atoms with Crippen molar-refractivity contribution in [2.75, 3.05) is 10.5 Å². The number of carbonyl (C=O) groups excluding carboxylic acids is 1. The molecule has 4 rings (SSSR count). The molecule has 4 aromatic rings. The molecule has 0 bridgehead atoms. The average molecular weight is 486 g/mol. The molecule has 2 heterocycles. The number of sulfonamides is 1. The third kappa shape index (κ3) is 5.42. The number of oxazole rings is 1. The number of nitrogens with zero attached hydrogens (tertiary/aromatic N) is 2. The van der Waals surface area contributed by atoms with Crippen LogP contribution in [-0.4, -0.2) is 35.0 Å². The fraction of sp³-hybridized carbons (Fsp3) is 0.261. The molecule has 1 amide bonds. The first kappa shape index (κ1) is 23.4. The zero-order chi connectivity index (χ0) is 24.3. The number of aryl methyl sites for hydroxylation is 2. The van der Waals surface area contributed by atoms with Crippen LogP contribution in [0.1, 0.15) is 30.6 Å². The van der Waals surface area contributed by atoms with Gasteiger partial charge in [-0.15, -0.1) is 0 Å². The van der Waals surface area contributed by atoms with Gasteiger partial charge in [0.05, 0.1) is 34.6 Å². The highest BCUT2D eigenvalue weighted by Gasteiger charge is 2.17. The van der Waals surface area contributed by atoms with Gasteiger partial charge in [0.1, 0.15) is 23.1 Å². The van der Waals surface area contributed by atoms with Crippen molar-refractivity contribution in [3.8, 4) is 11.5 Å². The van der Waals surface area contributed by atoms with Crippen LogP contribution in [0.25, 0.3) is 22.5 Å². The molecule has 0 spiro atoms. The number of para-hydroxylation sites is 1. The van der Waals surface area contributed by atoms with Crippen LogP contribution in [-0.2, 0) is 27.8 Å². The zero-order valence-electron chi connectivity index (χ0n) is 18.7. The van der Waals surface area contributed by atoms with Gasteiger partial charge in [-0.1, -0.05) is 12.1 Å². The topological polar surface area (TPSA) is 130 Å². The van der Waals surface area contributed by atoms with E-state index in [2.05, 4.69) is 25.0 Å². The third-order valence-corrected chi connectivity index (χ3v) is 6.52. The number of anilines is 1. The van der Waals surface area contributed by atoms with Gasteiger partial charge in [0.25, 0.3) is 0 Å². The average Bonchev–Trinajstić information content (AvgIpc) is 3.38. The Morgan fingerprint density at radius 2 is 1.97 bits per heavy atom. The Kier molecular flexibility index (Phi) is 6.64. The molecule has 0 fully saturated rings. The van der Waals surface area contributed by atoms with E-state index in [1.165, 1.54) is 12.1 Å². The highest BCUT2D eigenvalue weighted by molar-refractivity contribution is 7.92. The predicted octanol–water partition coefficient (Wildman–Crippen LogP) is 3.68. The van der Waals surface area contributed by atoms with Crippen LogP contribution in [0.4, 0.5) is 10.1 Å². The standard InChI is InChI=1S/C23H24FN5O4S/c1-3-34(31,32)29-17-7-5-4-6-16(17)23-28-20(14(2)33-23)13-25-22(30)11-10-21-26-18-9-8-15(24)12-19(18)27-21/h4-9,12,29H,3,10-11,13H2,1-2H3,(H,25,30)(H,26,27). The van der Waals surface area contributed by atoms with E-state index >= 15 is 0 Å². The summed E-state index contributed by atoms with van der Waals surface area (Å²) in [5.41, 5.74) is 2.64. The molecule has 0 radical (unpaired) electrons. The van der Waals surface area contributed by atoms with Crippen LogP contribution in [0.15, 0.2) is 46.9 Å². The van der Waals surface area contributed by atoms with Crippen molar-refractivity contribution >= 4 is 32.7 Å². The summed E-state index contributed by atoms with van der Waals surface area (Å²) in [6, 6.07) is 11.1. The fourth-order valence-electron chi connectivity index (χ4n) is 3.36. The molecule has 2 aromatic heterocycles. The van der Waals surface area contributed by atoms with Crippen molar-refractivity contribution in [3.63, 3.8) is 0 Å². The van der Waals surface area contributed by atoms with E-state index in [1.807, 2.05) is 0 Å². The number of H-pyrrole nitrogens is 1. The summed E-state index contributed by atoms with van der Waals surface area (Å²) >= 11 is 0. The Balaban J connectivity index is 1.39. The number of imidazole rings is 1.